The van der Waals surface area contributed by atoms with E-state index in [1.165, 1.54) is 0 Å². The zero-order chi connectivity index (χ0) is 14.3. The van der Waals surface area contributed by atoms with Gasteiger partial charge in [0.15, 0.2) is 0 Å². The lowest BCUT2D eigenvalue weighted by molar-refractivity contribution is -0.150. The molecule has 18 heavy (non-hydrogen) atoms. The molecular formula is C9H6ClF6NO. The molecule has 1 atom stereocenters. The number of aromatic hydroxyl groups is 1. The zero-order valence-electron chi connectivity index (χ0n) is 8.40. The second kappa shape index (κ2) is 4.51. The molecule has 0 amide bonds. The standard InChI is InChI=1S/C9H6ClF6NO/c10-5-2-3(8(11,12)13)1-4(6(5)18)7(17)9(14,15)16/h1-2,7,18H,17H2/t7-/m0/s1. The van der Waals surface area contributed by atoms with Crippen LogP contribution >= 0.6 is 11.6 Å². The quantitative estimate of drug-likeness (QED) is 0.777. The lowest BCUT2D eigenvalue weighted by Crippen LogP contribution is -2.29. The van der Waals surface area contributed by atoms with Crippen LogP contribution in [0.2, 0.25) is 5.02 Å². The fourth-order valence-electron chi connectivity index (χ4n) is 1.20. The number of hydrogen-bond acceptors (Lipinski definition) is 2. The van der Waals surface area contributed by atoms with Gasteiger partial charge in [-0.3, -0.25) is 0 Å². The summed E-state index contributed by atoms with van der Waals surface area (Å²) in [5, 5.41) is 8.39. The van der Waals surface area contributed by atoms with Crippen molar-refractivity contribution in [1.82, 2.24) is 0 Å². The lowest BCUT2D eigenvalue weighted by atomic mass is 10.0. The third-order valence-corrected chi connectivity index (χ3v) is 2.40. The number of benzene rings is 1. The van der Waals surface area contributed by atoms with Gasteiger partial charge in [0.25, 0.3) is 0 Å². The summed E-state index contributed by atoms with van der Waals surface area (Å²) in [5.41, 5.74) is 2.20. The molecule has 0 aliphatic carbocycles. The maximum absolute atomic E-state index is 12.4. The Labute approximate surface area is 102 Å². The largest absolute Gasteiger partial charge is 0.506 e. The van der Waals surface area contributed by atoms with Crippen molar-refractivity contribution in [2.24, 2.45) is 5.73 Å². The van der Waals surface area contributed by atoms with Crippen LogP contribution in [-0.4, -0.2) is 11.3 Å². The van der Waals surface area contributed by atoms with Gasteiger partial charge >= 0.3 is 12.4 Å². The minimum Gasteiger partial charge on any atom is -0.506 e. The Bertz CT molecular complexity index is 456. The maximum Gasteiger partial charge on any atom is 0.416 e. The van der Waals surface area contributed by atoms with Crippen molar-refractivity contribution in [3.8, 4) is 5.75 Å². The van der Waals surface area contributed by atoms with Crippen molar-refractivity contribution in [2.75, 3.05) is 0 Å². The molecule has 0 aliphatic rings. The van der Waals surface area contributed by atoms with Crippen molar-refractivity contribution in [3.63, 3.8) is 0 Å². The monoisotopic (exact) mass is 293 g/mol. The van der Waals surface area contributed by atoms with Gasteiger partial charge in [0.1, 0.15) is 11.8 Å². The summed E-state index contributed by atoms with van der Waals surface area (Å²) >= 11 is 5.25. The van der Waals surface area contributed by atoms with Crippen LogP contribution in [0, 0.1) is 0 Å². The Hall–Kier alpha value is -1.15. The fraction of sp³-hybridized carbons (Fsp3) is 0.333. The van der Waals surface area contributed by atoms with Crippen LogP contribution < -0.4 is 5.73 Å². The summed E-state index contributed by atoms with van der Waals surface area (Å²) < 4.78 is 74.1. The highest BCUT2D eigenvalue weighted by atomic mass is 35.5. The molecule has 0 fully saturated rings. The van der Waals surface area contributed by atoms with Crippen molar-refractivity contribution in [3.05, 3.63) is 28.3 Å². The van der Waals surface area contributed by atoms with E-state index in [1.807, 2.05) is 0 Å². The van der Waals surface area contributed by atoms with Gasteiger partial charge in [-0.2, -0.15) is 26.3 Å². The Morgan fingerprint density at radius 3 is 2.00 bits per heavy atom. The van der Waals surface area contributed by atoms with E-state index in [1.54, 1.807) is 0 Å². The van der Waals surface area contributed by atoms with Crippen LogP contribution in [0.1, 0.15) is 17.2 Å². The number of phenols is 1. The molecule has 9 heteroatoms. The summed E-state index contributed by atoms with van der Waals surface area (Å²) in [4.78, 5) is 0. The molecule has 0 saturated heterocycles. The minimum atomic E-state index is -5.00. The van der Waals surface area contributed by atoms with Crippen LogP contribution in [0.4, 0.5) is 26.3 Å². The molecule has 0 unspecified atom stereocenters. The number of alkyl halides is 6. The first-order valence-electron chi connectivity index (χ1n) is 4.36. The normalized spacial score (nSPS) is 14.7. The molecule has 1 aromatic rings. The summed E-state index contributed by atoms with van der Waals surface area (Å²) in [6.45, 7) is 0. The van der Waals surface area contributed by atoms with Gasteiger partial charge in [0.2, 0.25) is 0 Å². The average Bonchev–Trinajstić information content (AvgIpc) is 2.17. The number of phenolic OH excluding ortho intramolecular Hbond substituents is 1. The number of nitrogens with two attached hydrogens (primary N) is 1. The third-order valence-electron chi connectivity index (χ3n) is 2.11. The van der Waals surface area contributed by atoms with Gasteiger partial charge in [-0.05, 0) is 12.1 Å². The van der Waals surface area contributed by atoms with Crippen LogP contribution in [0.25, 0.3) is 0 Å². The summed E-state index contributed by atoms with van der Waals surface area (Å²) in [7, 11) is 0. The number of rotatable bonds is 1. The molecule has 0 heterocycles. The van der Waals surface area contributed by atoms with Gasteiger partial charge in [-0.1, -0.05) is 11.6 Å². The van der Waals surface area contributed by atoms with Crippen molar-refractivity contribution in [1.29, 1.82) is 0 Å². The highest BCUT2D eigenvalue weighted by Gasteiger charge is 2.41. The van der Waals surface area contributed by atoms with Crippen LogP contribution in [0.5, 0.6) is 5.75 Å². The number of halogens is 7. The second-order valence-corrected chi connectivity index (χ2v) is 3.82. The van der Waals surface area contributed by atoms with Crippen LogP contribution in [-0.2, 0) is 6.18 Å². The summed E-state index contributed by atoms with van der Waals surface area (Å²) in [5.74, 6) is -1.12. The Morgan fingerprint density at radius 2 is 1.61 bits per heavy atom. The molecule has 3 N–H and O–H groups in total. The van der Waals surface area contributed by atoms with Crippen molar-refractivity contribution in [2.45, 2.75) is 18.4 Å². The Balaban J connectivity index is 3.41. The smallest absolute Gasteiger partial charge is 0.416 e. The van der Waals surface area contributed by atoms with Crippen LogP contribution in [0.15, 0.2) is 12.1 Å². The van der Waals surface area contributed by atoms with E-state index in [9.17, 15) is 31.4 Å². The van der Waals surface area contributed by atoms with Crippen LogP contribution in [0.3, 0.4) is 0 Å². The molecule has 1 aromatic carbocycles. The van der Waals surface area contributed by atoms with Gasteiger partial charge in [0, 0.05) is 5.56 Å². The SMILES string of the molecule is N[C@@H](c1cc(C(F)(F)F)cc(Cl)c1O)C(F)(F)F. The molecule has 0 saturated carbocycles. The average molecular weight is 294 g/mol. The van der Waals surface area contributed by atoms with E-state index >= 15 is 0 Å². The molecular weight excluding hydrogens is 288 g/mol. The molecule has 0 aliphatic heterocycles. The van der Waals surface area contributed by atoms with E-state index in [4.69, 9.17) is 17.3 Å². The molecule has 0 radical (unpaired) electrons. The van der Waals surface area contributed by atoms with Crippen molar-refractivity contribution < 1.29 is 31.4 Å². The minimum absolute atomic E-state index is 0.124. The summed E-state index contributed by atoms with van der Waals surface area (Å²) in [6, 6.07) is -2.31. The Morgan fingerprint density at radius 1 is 1.11 bits per heavy atom. The molecule has 102 valence electrons. The fourth-order valence-corrected chi connectivity index (χ4v) is 1.42. The highest BCUT2D eigenvalue weighted by molar-refractivity contribution is 6.32. The van der Waals surface area contributed by atoms with Gasteiger partial charge in [-0.25, -0.2) is 0 Å². The molecule has 0 bridgehead atoms. The van der Waals surface area contributed by atoms with E-state index in [0.717, 1.165) is 0 Å². The zero-order valence-corrected chi connectivity index (χ0v) is 9.16. The molecule has 0 spiro atoms. The lowest BCUT2D eigenvalue weighted by Gasteiger charge is -2.19. The highest BCUT2D eigenvalue weighted by Crippen LogP contribution is 2.42. The topological polar surface area (TPSA) is 46.2 Å². The molecule has 1 rings (SSSR count). The molecule has 0 aromatic heterocycles. The third kappa shape index (κ3) is 2.99. The first-order chi connectivity index (χ1) is 7.94. The van der Waals surface area contributed by atoms with E-state index in [-0.39, 0.29) is 6.07 Å². The maximum atomic E-state index is 12.4. The predicted octanol–water partition coefficient (Wildman–Crippen LogP) is 3.63. The first kappa shape index (κ1) is 14.9. The van der Waals surface area contributed by atoms with E-state index in [0.29, 0.717) is 6.07 Å². The predicted molar refractivity (Wildman–Crippen MR) is 51.1 cm³/mol. The van der Waals surface area contributed by atoms with Gasteiger partial charge in [-0.15, -0.1) is 0 Å². The van der Waals surface area contributed by atoms with E-state index in [2.05, 4.69) is 0 Å². The number of hydrogen-bond donors (Lipinski definition) is 2. The van der Waals surface area contributed by atoms with E-state index < -0.39 is 40.3 Å². The van der Waals surface area contributed by atoms with Gasteiger partial charge in [0.05, 0.1) is 10.6 Å². The second-order valence-electron chi connectivity index (χ2n) is 3.41. The Kier molecular flexibility index (Phi) is 3.73. The molecule has 2 nitrogen and oxygen atoms in total. The first-order valence-corrected chi connectivity index (χ1v) is 4.74. The van der Waals surface area contributed by atoms with Crippen molar-refractivity contribution >= 4 is 11.6 Å². The summed E-state index contributed by atoms with van der Waals surface area (Å²) in [6.07, 6.45) is -9.89. The van der Waals surface area contributed by atoms with Gasteiger partial charge < -0.3 is 10.8 Å².